The number of rotatable bonds is 8. The van der Waals surface area contributed by atoms with Gasteiger partial charge in [0.2, 0.25) is 0 Å². The molecule has 3 heteroatoms. The number of halogens is 3. The fraction of sp³-hybridized carbons (Fsp3) is 0.538. The van der Waals surface area contributed by atoms with E-state index in [1.807, 2.05) is 13.0 Å². The minimum atomic E-state index is -0.688. The van der Waals surface area contributed by atoms with Crippen LogP contribution in [0.3, 0.4) is 0 Å². The Labute approximate surface area is 173 Å². The van der Waals surface area contributed by atoms with Crippen LogP contribution < -0.4 is 0 Å². The molecule has 0 heterocycles. The number of benzene rings is 2. The molecule has 2 aromatic carbocycles. The van der Waals surface area contributed by atoms with E-state index in [0.717, 1.165) is 62.5 Å². The summed E-state index contributed by atoms with van der Waals surface area (Å²) in [6.07, 6.45) is 9.10. The van der Waals surface area contributed by atoms with Crippen LogP contribution >= 0.6 is 0 Å². The minimum absolute atomic E-state index is 0.0596. The summed E-state index contributed by atoms with van der Waals surface area (Å²) in [5.74, 6) is -0.638. The van der Waals surface area contributed by atoms with Crippen molar-refractivity contribution in [2.24, 2.45) is 5.92 Å². The highest BCUT2D eigenvalue weighted by atomic mass is 19.2. The lowest BCUT2D eigenvalue weighted by Crippen LogP contribution is -2.15. The molecule has 0 saturated heterocycles. The molecule has 0 atom stereocenters. The maximum atomic E-state index is 14.6. The highest BCUT2D eigenvalue weighted by molar-refractivity contribution is 5.28. The molecule has 158 valence electrons. The molecule has 1 saturated carbocycles. The fourth-order valence-corrected chi connectivity index (χ4v) is 4.66. The van der Waals surface area contributed by atoms with E-state index < -0.39 is 11.6 Å². The zero-order chi connectivity index (χ0) is 20.8. The first-order valence-corrected chi connectivity index (χ1v) is 11.3. The standard InChI is InChI=1S/C26H33F3/c1-3-5-6-19-10-16-23(24(27)17-19)21-11-7-18(8-12-21)9-13-22-15-14-20(4-2)25(28)26(22)29/h10,14-18,21H,3-9,11-13H2,1-2H3. The predicted octanol–water partition coefficient (Wildman–Crippen LogP) is 7.92. The van der Waals surface area contributed by atoms with Crippen molar-refractivity contribution >= 4 is 0 Å². The number of hydrogen-bond donors (Lipinski definition) is 0. The third kappa shape index (κ3) is 5.43. The average Bonchev–Trinajstić information content (AvgIpc) is 2.74. The van der Waals surface area contributed by atoms with E-state index in [2.05, 4.69) is 13.0 Å². The second-order valence-electron chi connectivity index (χ2n) is 8.58. The molecule has 1 aliphatic carbocycles. The highest BCUT2D eigenvalue weighted by Crippen LogP contribution is 2.38. The van der Waals surface area contributed by atoms with Crippen LogP contribution in [-0.2, 0) is 19.3 Å². The van der Waals surface area contributed by atoms with Crippen LogP contribution in [0.4, 0.5) is 13.2 Å². The maximum Gasteiger partial charge on any atom is 0.162 e. The Morgan fingerprint density at radius 1 is 0.828 bits per heavy atom. The Bertz CT molecular complexity index is 804. The first-order chi connectivity index (χ1) is 14.0. The van der Waals surface area contributed by atoms with Gasteiger partial charge in [-0.3, -0.25) is 0 Å². The maximum absolute atomic E-state index is 14.6. The Hall–Kier alpha value is -1.77. The van der Waals surface area contributed by atoms with Crippen molar-refractivity contribution in [1.82, 2.24) is 0 Å². The smallest absolute Gasteiger partial charge is 0.162 e. The molecule has 0 spiro atoms. The quantitative estimate of drug-likeness (QED) is 0.421. The van der Waals surface area contributed by atoms with Crippen LogP contribution in [0.5, 0.6) is 0 Å². The van der Waals surface area contributed by atoms with Gasteiger partial charge in [-0.15, -0.1) is 0 Å². The Kier molecular flexibility index (Phi) is 7.80. The number of aryl methyl sites for hydroxylation is 3. The van der Waals surface area contributed by atoms with Crippen molar-refractivity contribution in [2.45, 2.75) is 84.0 Å². The molecule has 1 fully saturated rings. The second-order valence-corrected chi connectivity index (χ2v) is 8.58. The van der Waals surface area contributed by atoms with E-state index in [0.29, 0.717) is 29.9 Å². The molecule has 0 aliphatic heterocycles. The predicted molar refractivity (Wildman–Crippen MR) is 114 cm³/mol. The lowest BCUT2D eigenvalue weighted by atomic mass is 9.76. The third-order valence-corrected chi connectivity index (χ3v) is 6.62. The van der Waals surface area contributed by atoms with Gasteiger partial charge in [0.1, 0.15) is 5.82 Å². The molecule has 0 radical (unpaired) electrons. The minimum Gasteiger partial charge on any atom is -0.207 e. The summed E-state index contributed by atoms with van der Waals surface area (Å²) < 4.78 is 42.8. The zero-order valence-electron chi connectivity index (χ0n) is 17.7. The third-order valence-electron chi connectivity index (χ3n) is 6.62. The van der Waals surface area contributed by atoms with Crippen LogP contribution in [0, 0.1) is 23.4 Å². The lowest BCUT2D eigenvalue weighted by Gasteiger charge is -2.29. The van der Waals surface area contributed by atoms with Gasteiger partial charge >= 0.3 is 0 Å². The van der Waals surface area contributed by atoms with Gasteiger partial charge in [-0.1, -0.05) is 44.5 Å². The van der Waals surface area contributed by atoms with Gasteiger partial charge in [-0.05, 0) is 97.9 Å². The van der Waals surface area contributed by atoms with Gasteiger partial charge in [0.25, 0.3) is 0 Å². The Morgan fingerprint density at radius 3 is 2.17 bits per heavy atom. The van der Waals surface area contributed by atoms with Gasteiger partial charge in [-0.25, -0.2) is 13.2 Å². The monoisotopic (exact) mass is 402 g/mol. The van der Waals surface area contributed by atoms with Crippen molar-refractivity contribution in [3.05, 3.63) is 70.0 Å². The van der Waals surface area contributed by atoms with Crippen LogP contribution in [0.25, 0.3) is 0 Å². The van der Waals surface area contributed by atoms with Crippen molar-refractivity contribution in [3.8, 4) is 0 Å². The fourth-order valence-electron chi connectivity index (χ4n) is 4.66. The van der Waals surface area contributed by atoms with E-state index in [9.17, 15) is 13.2 Å². The van der Waals surface area contributed by atoms with Crippen LogP contribution in [0.1, 0.15) is 87.0 Å². The first-order valence-electron chi connectivity index (χ1n) is 11.3. The first kappa shape index (κ1) is 21.9. The summed E-state index contributed by atoms with van der Waals surface area (Å²) in [7, 11) is 0. The molecular formula is C26H33F3. The second kappa shape index (κ2) is 10.3. The molecule has 0 nitrogen and oxygen atoms in total. The Morgan fingerprint density at radius 2 is 1.52 bits per heavy atom. The summed E-state index contributed by atoms with van der Waals surface area (Å²) in [5, 5.41) is 0. The summed E-state index contributed by atoms with van der Waals surface area (Å²) in [4.78, 5) is 0. The zero-order valence-corrected chi connectivity index (χ0v) is 17.7. The summed E-state index contributed by atoms with van der Waals surface area (Å²) >= 11 is 0. The van der Waals surface area contributed by atoms with Crippen LogP contribution in [-0.4, -0.2) is 0 Å². The molecule has 0 unspecified atom stereocenters. The molecule has 2 aromatic rings. The largest absolute Gasteiger partial charge is 0.207 e. The topological polar surface area (TPSA) is 0 Å². The van der Waals surface area contributed by atoms with E-state index in [-0.39, 0.29) is 11.7 Å². The molecule has 0 aromatic heterocycles. The number of unbranched alkanes of at least 4 members (excludes halogenated alkanes) is 1. The number of hydrogen-bond acceptors (Lipinski definition) is 0. The molecule has 0 N–H and O–H groups in total. The van der Waals surface area contributed by atoms with E-state index >= 15 is 0 Å². The molecule has 1 aliphatic rings. The average molecular weight is 403 g/mol. The van der Waals surface area contributed by atoms with Gasteiger partial charge < -0.3 is 0 Å². The van der Waals surface area contributed by atoms with Crippen molar-refractivity contribution in [3.63, 3.8) is 0 Å². The summed E-state index contributed by atoms with van der Waals surface area (Å²) in [5.41, 5.74) is 2.86. The van der Waals surface area contributed by atoms with Gasteiger partial charge in [-0.2, -0.15) is 0 Å². The Balaban J connectivity index is 1.53. The van der Waals surface area contributed by atoms with E-state index in [4.69, 9.17) is 0 Å². The normalized spacial score (nSPS) is 19.5. The SMILES string of the molecule is CCCCc1ccc(C2CCC(CCc3ccc(CC)c(F)c3F)CC2)c(F)c1. The van der Waals surface area contributed by atoms with Crippen LogP contribution in [0.2, 0.25) is 0 Å². The molecule has 0 amide bonds. The molecular weight excluding hydrogens is 369 g/mol. The molecule has 29 heavy (non-hydrogen) atoms. The van der Waals surface area contributed by atoms with Gasteiger partial charge in [0, 0.05) is 0 Å². The van der Waals surface area contributed by atoms with Gasteiger partial charge in [0.05, 0.1) is 0 Å². The summed E-state index contributed by atoms with van der Waals surface area (Å²) in [6.45, 7) is 3.98. The van der Waals surface area contributed by atoms with Gasteiger partial charge in [0.15, 0.2) is 11.6 Å². The van der Waals surface area contributed by atoms with Crippen LogP contribution in [0.15, 0.2) is 30.3 Å². The van der Waals surface area contributed by atoms with E-state index in [1.165, 1.54) is 0 Å². The van der Waals surface area contributed by atoms with Crippen molar-refractivity contribution in [2.75, 3.05) is 0 Å². The summed E-state index contributed by atoms with van der Waals surface area (Å²) in [6, 6.07) is 9.22. The van der Waals surface area contributed by atoms with Crippen molar-refractivity contribution in [1.29, 1.82) is 0 Å². The molecule has 3 rings (SSSR count). The van der Waals surface area contributed by atoms with E-state index in [1.54, 1.807) is 18.2 Å². The highest BCUT2D eigenvalue weighted by Gasteiger charge is 2.25. The lowest BCUT2D eigenvalue weighted by molar-refractivity contribution is 0.305. The molecule has 0 bridgehead atoms. The van der Waals surface area contributed by atoms with Crippen molar-refractivity contribution < 1.29 is 13.2 Å².